The van der Waals surface area contributed by atoms with Crippen molar-refractivity contribution in [3.05, 3.63) is 78.1 Å². The number of carbonyl (C=O) groups excluding carboxylic acids is 1. The van der Waals surface area contributed by atoms with Crippen LogP contribution in [0.5, 0.6) is 0 Å². The summed E-state index contributed by atoms with van der Waals surface area (Å²) in [6.45, 7) is 7.22. The Hall–Kier alpha value is -4.05. The van der Waals surface area contributed by atoms with E-state index in [9.17, 15) is 9.90 Å². The molecule has 2 aromatic carbocycles. The Labute approximate surface area is 225 Å². The Morgan fingerprint density at radius 3 is 2.68 bits per heavy atom. The van der Waals surface area contributed by atoms with E-state index in [1.807, 2.05) is 30.3 Å². The third kappa shape index (κ3) is 5.45. The minimum absolute atomic E-state index is 0.206. The number of amides is 1. The van der Waals surface area contributed by atoms with Gasteiger partial charge >= 0.3 is 0 Å². The normalized spacial score (nSPS) is 13.9. The molecule has 3 heterocycles. The van der Waals surface area contributed by atoms with Gasteiger partial charge in [-0.15, -0.1) is 0 Å². The minimum Gasteiger partial charge on any atom is -0.392 e. The fourth-order valence-electron chi connectivity index (χ4n) is 4.44. The molecule has 3 N–H and O–H groups in total. The average Bonchev–Trinajstić information content (AvgIpc) is 2.94. The first-order chi connectivity index (χ1) is 18.4. The third-order valence-electron chi connectivity index (χ3n) is 6.55. The smallest absolute Gasteiger partial charge is 0.247 e. The van der Waals surface area contributed by atoms with Crippen LogP contribution in [-0.2, 0) is 11.4 Å². The van der Waals surface area contributed by atoms with Crippen molar-refractivity contribution in [2.45, 2.75) is 6.61 Å². The van der Waals surface area contributed by atoms with Crippen molar-refractivity contribution < 1.29 is 9.90 Å². The van der Waals surface area contributed by atoms with Crippen LogP contribution in [0.1, 0.15) is 5.56 Å². The molecule has 0 spiro atoms. The van der Waals surface area contributed by atoms with Gasteiger partial charge in [-0.3, -0.25) is 9.78 Å². The second kappa shape index (κ2) is 11.1. The summed E-state index contributed by atoms with van der Waals surface area (Å²) in [6.07, 6.45) is 4.51. The van der Waals surface area contributed by atoms with Crippen LogP contribution in [0.15, 0.2) is 67.5 Å². The van der Waals surface area contributed by atoms with Gasteiger partial charge in [-0.2, -0.15) is 0 Å². The number of aromatic nitrogens is 3. The molecule has 0 bridgehead atoms. The van der Waals surface area contributed by atoms with Gasteiger partial charge in [0.1, 0.15) is 0 Å². The number of hydrogen-bond donors (Lipinski definition) is 3. The van der Waals surface area contributed by atoms with Crippen LogP contribution in [0.3, 0.4) is 0 Å². The Bertz CT molecular complexity index is 1500. The number of rotatable bonds is 7. The largest absolute Gasteiger partial charge is 0.392 e. The van der Waals surface area contributed by atoms with E-state index < -0.39 is 0 Å². The van der Waals surface area contributed by atoms with Gasteiger partial charge in [-0.1, -0.05) is 30.3 Å². The van der Waals surface area contributed by atoms with E-state index in [1.54, 1.807) is 24.5 Å². The maximum atomic E-state index is 11.8. The summed E-state index contributed by atoms with van der Waals surface area (Å²) in [6, 6.07) is 13.0. The summed E-state index contributed by atoms with van der Waals surface area (Å²) >= 11 is 6.65. The van der Waals surface area contributed by atoms with E-state index in [2.05, 4.69) is 44.0 Å². The van der Waals surface area contributed by atoms with Crippen LogP contribution < -0.4 is 15.5 Å². The number of piperazine rings is 1. The van der Waals surface area contributed by atoms with E-state index in [0.717, 1.165) is 37.3 Å². The van der Waals surface area contributed by atoms with Gasteiger partial charge in [-0.25, -0.2) is 9.97 Å². The summed E-state index contributed by atoms with van der Waals surface area (Å²) in [5, 5.41) is 17.4. The van der Waals surface area contributed by atoms with Gasteiger partial charge in [0, 0.05) is 60.9 Å². The van der Waals surface area contributed by atoms with Gasteiger partial charge in [0.2, 0.25) is 11.9 Å². The lowest BCUT2D eigenvalue weighted by Gasteiger charge is -2.34. The SMILES string of the molecule is C=CC(=O)Nc1ccnc(-c2c(CO)ccc3cnc(Nc4ccc(N5CCN(C)CC5)cc4Cl)nc23)c1. The lowest BCUT2D eigenvalue weighted by Crippen LogP contribution is -2.44. The zero-order valence-electron chi connectivity index (χ0n) is 21.0. The Balaban J connectivity index is 1.48. The molecule has 0 aliphatic carbocycles. The van der Waals surface area contributed by atoms with E-state index in [0.29, 0.717) is 44.7 Å². The summed E-state index contributed by atoms with van der Waals surface area (Å²) in [4.78, 5) is 30.2. The van der Waals surface area contributed by atoms with E-state index in [1.165, 1.54) is 6.08 Å². The molecule has 9 nitrogen and oxygen atoms in total. The number of aliphatic hydroxyl groups excluding tert-OH is 1. The van der Waals surface area contributed by atoms with Crippen molar-refractivity contribution in [3.63, 3.8) is 0 Å². The molecular weight excluding hydrogens is 502 g/mol. The van der Waals surface area contributed by atoms with Crippen LogP contribution in [-0.4, -0.2) is 64.1 Å². The molecule has 1 aliphatic heterocycles. The second-order valence-corrected chi connectivity index (χ2v) is 9.50. The van der Waals surface area contributed by atoms with Crippen LogP contribution >= 0.6 is 11.6 Å². The molecule has 4 aromatic rings. The molecule has 0 atom stereocenters. The standard InChI is InChI=1S/C28H28ClN7O2/c1-3-25(38)32-20-8-9-30-24(14-20)26-19(17-37)5-4-18-16-31-28(34-27(18)26)33-23-7-6-21(15-22(23)29)36-12-10-35(2)11-13-36/h3-9,14-16,37H,1,10-13,17H2,2H3,(H,30,32,38)(H,31,33,34). The lowest BCUT2D eigenvalue weighted by atomic mass is 10.0. The lowest BCUT2D eigenvalue weighted by molar-refractivity contribution is -0.111. The maximum absolute atomic E-state index is 11.8. The van der Waals surface area contributed by atoms with Crippen LogP contribution in [0.4, 0.5) is 23.0 Å². The fourth-order valence-corrected chi connectivity index (χ4v) is 4.66. The van der Waals surface area contributed by atoms with E-state index >= 15 is 0 Å². The van der Waals surface area contributed by atoms with Gasteiger partial charge in [0.25, 0.3) is 0 Å². The molecule has 2 aromatic heterocycles. The van der Waals surface area contributed by atoms with Crippen molar-refractivity contribution in [2.75, 3.05) is 48.8 Å². The van der Waals surface area contributed by atoms with Crippen molar-refractivity contribution >= 4 is 51.4 Å². The highest BCUT2D eigenvalue weighted by Gasteiger charge is 2.17. The van der Waals surface area contributed by atoms with E-state index in [-0.39, 0.29) is 12.5 Å². The quantitative estimate of drug-likeness (QED) is 0.301. The number of carbonyl (C=O) groups is 1. The van der Waals surface area contributed by atoms with E-state index in [4.69, 9.17) is 16.6 Å². The molecule has 0 radical (unpaired) electrons. The van der Waals surface area contributed by atoms with Gasteiger partial charge in [-0.05, 0) is 49.0 Å². The first kappa shape index (κ1) is 25.6. The number of aliphatic hydroxyl groups is 1. The fraction of sp³-hybridized carbons (Fsp3) is 0.214. The summed E-state index contributed by atoms with van der Waals surface area (Å²) < 4.78 is 0. The Morgan fingerprint density at radius 2 is 1.95 bits per heavy atom. The molecule has 1 amide bonds. The number of halogens is 1. The van der Waals surface area contributed by atoms with Crippen molar-refractivity contribution in [2.24, 2.45) is 0 Å². The van der Waals surface area contributed by atoms with Crippen LogP contribution in [0.25, 0.3) is 22.2 Å². The predicted octanol–water partition coefficient (Wildman–Crippen LogP) is 4.46. The number of nitrogens with one attached hydrogen (secondary N) is 2. The molecule has 38 heavy (non-hydrogen) atoms. The molecule has 1 saturated heterocycles. The van der Waals surface area contributed by atoms with Crippen molar-refractivity contribution in [1.29, 1.82) is 0 Å². The van der Waals surface area contributed by atoms with Crippen molar-refractivity contribution in [1.82, 2.24) is 19.9 Å². The number of benzene rings is 2. The molecule has 0 saturated carbocycles. The topological polar surface area (TPSA) is 107 Å². The van der Waals surface area contributed by atoms with Crippen LogP contribution in [0.2, 0.25) is 5.02 Å². The summed E-state index contributed by atoms with van der Waals surface area (Å²) in [7, 11) is 2.13. The van der Waals surface area contributed by atoms with Gasteiger partial charge in [0.05, 0.1) is 28.5 Å². The molecule has 1 aliphatic rings. The Kier molecular flexibility index (Phi) is 7.50. The zero-order valence-corrected chi connectivity index (χ0v) is 21.7. The molecular formula is C28H28ClN7O2. The van der Waals surface area contributed by atoms with Crippen molar-refractivity contribution in [3.8, 4) is 11.3 Å². The predicted molar refractivity (Wildman–Crippen MR) is 152 cm³/mol. The first-order valence-electron chi connectivity index (χ1n) is 12.2. The molecule has 1 fully saturated rings. The monoisotopic (exact) mass is 529 g/mol. The number of nitrogens with zero attached hydrogens (tertiary/aromatic N) is 5. The molecule has 5 rings (SSSR count). The second-order valence-electron chi connectivity index (χ2n) is 9.09. The first-order valence-corrected chi connectivity index (χ1v) is 12.6. The number of fused-ring (bicyclic) bond motifs is 1. The average molecular weight is 530 g/mol. The Morgan fingerprint density at radius 1 is 1.13 bits per heavy atom. The summed E-state index contributed by atoms with van der Waals surface area (Å²) in [5.74, 6) is 0.0333. The highest BCUT2D eigenvalue weighted by Crippen LogP contribution is 2.33. The molecule has 194 valence electrons. The summed E-state index contributed by atoms with van der Waals surface area (Å²) in [5.41, 5.74) is 4.80. The van der Waals surface area contributed by atoms with Crippen LogP contribution in [0, 0.1) is 0 Å². The number of pyridine rings is 1. The third-order valence-corrected chi connectivity index (χ3v) is 6.86. The zero-order chi connectivity index (χ0) is 26.6. The van der Waals surface area contributed by atoms with Gasteiger partial charge in [0.15, 0.2) is 0 Å². The number of anilines is 4. The number of hydrogen-bond acceptors (Lipinski definition) is 8. The highest BCUT2D eigenvalue weighted by atomic mass is 35.5. The minimum atomic E-state index is -0.327. The number of likely N-dealkylation sites (N-methyl/N-ethyl adjacent to an activating group) is 1. The highest BCUT2D eigenvalue weighted by molar-refractivity contribution is 6.33. The van der Waals surface area contributed by atoms with Gasteiger partial charge < -0.3 is 25.5 Å². The molecule has 0 unspecified atom stereocenters. The molecule has 10 heteroatoms. The maximum Gasteiger partial charge on any atom is 0.247 e.